The Bertz CT molecular complexity index is 1360. The number of aryl methyl sites for hydroxylation is 1. The van der Waals surface area contributed by atoms with Gasteiger partial charge in [-0.3, -0.25) is 4.79 Å². The number of carbonyl (C=O) groups is 1. The fraction of sp³-hybridized carbons (Fsp3) is 0.455. The molecule has 0 unspecified atom stereocenters. The average Bonchev–Trinajstić information content (AvgIpc) is 2.95. The van der Waals surface area contributed by atoms with Gasteiger partial charge in [0.1, 0.15) is 29.8 Å². The van der Waals surface area contributed by atoms with Crippen molar-refractivity contribution in [1.29, 1.82) is 5.26 Å². The largest absolute Gasteiger partial charge is 0.492 e. The van der Waals surface area contributed by atoms with Crippen LogP contribution in [0.1, 0.15) is 88.8 Å². The van der Waals surface area contributed by atoms with Crippen LogP contribution in [0.4, 0.5) is 0 Å². The summed E-state index contributed by atoms with van der Waals surface area (Å²) in [5.41, 5.74) is 3.67. The lowest BCUT2D eigenvalue weighted by atomic mass is 9.77. The molecule has 0 aliphatic carbocycles. The SMILES string of the molecule is CCc1cc(C(C)(C)c2ccc(OCc3ccnc(SC)n3)cc2)cc(C#N)c1OCCCCC(=O)OC(C)(C)C. The fourth-order valence-electron chi connectivity index (χ4n) is 4.35. The molecular weight excluding hydrogens is 534 g/mol. The smallest absolute Gasteiger partial charge is 0.306 e. The normalized spacial score (nSPS) is 11.6. The summed E-state index contributed by atoms with van der Waals surface area (Å²) in [5.74, 6) is 1.19. The predicted molar refractivity (Wildman–Crippen MR) is 162 cm³/mol. The zero-order chi connectivity index (χ0) is 30.0. The maximum atomic E-state index is 12.0. The second-order valence-corrected chi connectivity index (χ2v) is 12.1. The van der Waals surface area contributed by atoms with Gasteiger partial charge in [0.15, 0.2) is 5.16 Å². The van der Waals surface area contributed by atoms with Gasteiger partial charge < -0.3 is 14.2 Å². The van der Waals surface area contributed by atoms with E-state index in [1.807, 2.05) is 51.3 Å². The Morgan fingerprint density at radius 2 is 1.73 bits per heavy atom. The topological polar surface area (TPSA) is 94.3 Å². The summed E-state index contributed by atoms with van der Waals surface area (Å²) in [6, 6.07) is 16.3. The molecule has 0 bridgehead atoms. The van der Waals surface area contributed by atoms with Gasteiger partial charge in [0.25, 0.3) is 0 Å². The Labute approximate surface area is 248 Å². The number of benzene rings is 2. The number of hydrogen-bond acceptors (Lipinski definition) is 8. The van der Waals surface area contributed by atoms with Crippen LogP contribution in [-0.4, -0.2) is 34.4 Å². The second kappa shape index (κ2) is 14.4. The van der Waals surface area contributed by atoms with Gasteiger partial charge in [-0.25, -0.2) is 9.97 Å². The number of carbonyl (C=O) groups excluding carboxylic acids is 1. The van der Waals surface area contributed by atoms with Crippen molar-refractivity contribution in [3.8, 4) is 17.6 Å². The monoisotopic (exact) mass is 575 g/mol. The van der Waals surface area contributed by atoms with E-state index in [4.69, 9.17) is 14.2 Å². The summed E-state index contributed by atoms with van der Waals surface area (Å²) in [7, 11) is 0. The van der Waals surface area contributed by atoms with E-state index in [0.717, 1.165) is 39.7 Å². The van der Waals surface area contributed by atoms with Crippen LogP contribution in [0.15, 0.2) is 53.8 Å². The van der Waals surface area contributed by atoms with Crippen LogP contribution >= 0.6 is 11.8 Å². The van der Waals surface area contributed by atoms with Crippen molar-refractivity contribution in [3.63, 3.8) is 0 Å². The lowest BCUT2D eigenvalue weighted by Gasteiger charge is -2.28. The quantitative estimate of drug-likeness (QED) is 0.0899. The van der Waals surface area contributed by atoms with Gasteiger partial charge in [-0.15, -0.1) is 0 Å². The van der Waals surface area contributed by atoms with Crippen LogP contribution in [0.5, 0.6) is 11.5 Å². The van der Waals surface area contributed by atoms with Crippen LogP contribution < -0.4 is 9.47 Å². The molecule has 7 nitrogen and oxygen atoms in total. The molecule has 0 amide bonds. The lowest BCUT2D eigenvalue weighted by molar-refractivity contribution is -0.154. The van der Waals surface area contributed by atoms with E-state index in [9.17, 15) is 10.1 Å². The number of hydrogen-bond donors (Lipinski definition) is 0. The van der Waals surface area contributed by atoms with Crippen LogP contribution in [0.2, 0.25) is 0 Å². The minimum atomic E-state index is -0.479. The van der Waals surface area contributed by atoms with Crippen molar-refractivity contribution < 1.29 is 19.0 Å². The number of unbranched alkanes of at least 4 members (excludes halogenated alkanes) is 1. The molecule has 0 spiro atoms. The number of nitriles is 1. The molecule has 0 radical (unpaired) electrons. The second-order valence-electron chi connectivity index (χ2n) is 11.3. The zero-order valence-corrected chi connectivity index (χ0v) is 26.1. The van der Waals surface area contributed by atoms with E-state index in [-0.39, 0.29) is 11.4 Å². The summed E-state index contributed by atoms with van der Waals surface area (Å²) in [4.78, 5) is 20.6. The first-order valence-electron chi connectivity index (χ1n) is 14.0. The van der Waals surface area contributed by atoms with Crippen molar-refractivity contribution in [2.45, 2.75) is 90.0 Å². The molecule has 0 aliphatic heterocycles. The predicted octanol–water partition coefficient (Wildman–Crippen LogP) is 7.43. The molecule has 218 valence electrons. The minimum Gasteiger partial charge on any atom is -0.492 e. The third kappa shape index (κ3) is 9.22. The summed E-state index contributed by atoms with van der Waals surface area (Å²) in [6.45, 7) is 12.8. The molecule has 0 saturated carbocycles. The van der Waals surface area contributed by atoms with Crippen molar-refractivity contribution in [2.75, 3.05) is 12.9 Å². The van der Waals surface area contributed by atoms with E-state index in [2.05, 4.69) is 55.0 Å². The van der Waals surface area contributed by atoms with Gasteiger partial charge in [0.05, 0.1) is 17.9 Å². The third-order valence-corrected chi connectivity index (χ3v) is 7.23. The molecular formula is C33H41N3O4S. The summed E-state index contributed by atoms with van der Waals surface area (Å²) in [6.07, 6.45) is 6.14. The highest BCUT2D eigenvalue weighted by Gasteiger charge is 2.26. The van der Waals surface area contributed by atoms with E-state index < -0.39 is 5.60 Å². The number of nitrogens with zero attached hydrogens (tertiary/aromatic N) is 3. The van der Waals surface area contributed by atoms with Crippen molar-refractivity contribution in [2.24, 2.45) is 0 Å². The van der Waals surface area contributed by atoms with Crippen molar-refractivity contribution in [1.82, 2.24) is 9.97 Å². The molecule has 0 saturated heterocycles. The summed E-state index contributed by atoms with van der Waals surface area (Å²) < 4.78 is 17.4. The Balaban J connectivity index is 1.67. The Kier molecular flexibility index (Phi) is 11.2. The maximum Gasteiger partial charge on any atom is 0.306 e. The maximum absolute atomic E-state index is 12.0. The highest BCUT2D eigenvalue weighted by atomic mass is 32.2. The molecule has 3 rings (SSSR count). The Hall–Kier alpha value is -3.57. The Morgan fingerprint density at radius 3 is 2.37 bits per heavy atom. The first-order valence-corrected chi connectivity index (χ1v) is 15.2. The number of rotatable bonds is 13. The standard InChI is InChI=1S/C33H41N3O4S/c1-8-23-19-26(20-24(21-34)30(23)38-18-10-9-11-29(37)40-32(2,3)4)33(5,6)25-12-14-28(15-13-25)39-22-27-16-17-35-31(36-27)41-7/h12-17,19-20H,8-11,18,22H2,1-7H3. The first-order chi connectivity index (χ1) is 19.5. The van der Waals surface area contributed by atoms with Gasteiger partial charge in [-0.2, -0.15) is 5.26 Å². The van der Waals surface area contributed by atoms with Gasteiger partial charge in [-0.05, 0) is 87.2 Å². The fourth-order valence-corrected chi connectivity index (χ4v) is 4.73. The van der Waals surface area contributed by atoms with Gasteiger partial charge >= 0.3 is 5.97 Å². The highest BCUT2D eigenvalue weighted by molar-refractivity contribution is 7.98. The van der Waals surface area contributed by atoms with Gasteiger partial charge in [0, 0.05) is 18.0 Å². The van der Waals surface area contributed by atoms with E-state index >= 15 is 0 Å². The average molecular weight is 576 g/mol. The van der Waals surface area contributed by atoms with Crippen molar-refractivity contribution in [3.05, 3.63) is 76.6 Å². The van der Waals surface area contributed by atoms with Crippen LogP contribution in [0.25, 0.3) is 0 Å². The molecule has 0 fully saturated rings. The highest BCUT2D eigenvalue weighted by Crippen LogP contribution is 2.37. The molecule has 0 atom stereocenters. The number of esters is 1. The van der Waals surface area contributed by atoms with Crippen LogP contribution in [-0.2, 0) is 28.0 Å². The molecule has 3 aromatic rings. The molecule has 41 heavy (non-hydrogen) atoms. The number of thioether (sulfide) groups is 1. The molecule has 0 N–H and O–H groups in total. The van der Waals surface area contributed by atoms with Crippen LogP contribution in [0, 0.1) is 11.3 Å². The van der Waals surface area contributed by atoms with Gasteiger partial charge in [0.2, 0.25) is 0 Å². The van der Waals surface area contributed by atoms with Crippen molar-refractivity contribution >= 4 is 17.7 Å². The summed E-state index contributed by atoms with van der Waals surface area (Å²) >= 11 is 1.50. The number of aromatic nitrogens is 2. The van der Waals surface area contributed by atoms with E-state index in [1.54, 1.807) is 6.20 Å². The zero-order valence-electron chi connectivity index (χ0n) is 25.2. The molecule has 8 heteroatoms. The first kappa shape index (κ1) is 32.0. The van der Waals surface area contributed by atoms with E-state index in [1.165, 1.54) is 11.8 Å². The number of ether oxygens (including phenoxy) is 3. The molecule has 2 aromatic carbocycles. The lowest BCUT2D eigenvalue weighted by Crippen LogP contribution is -2.23. The minimum absolute atomic E-state index is 0.203. The summed E-state index contributed by atoms with van der Waals surface area (Å²) in [5, 5.41) is 10.7. The third-order valence-electron chi connectivity index (χ3n) is 6.67. The molecule has 0 aliphatic rings. The van der Waals surface area contributed by atoms with E-state index in [0.29, 0.717) is 43.8 Å². The molecule has 1 heterocycles. The van der Waals surface area contributed by atoms with Gasteiger partial charge in [-0.1, -0.05) is 50.7 Å². The Morgan fingerprint density at radius 1 is 1.00 bits per heavy atom. The molecule has 1 aromatic heterocycles. The van der Waals surface area contributed by atoms with Crippen LogP contribution in [0.3, 0.4) is 0 Å².